The van der Waals surface area contributed by atoms with Crippen molar-refractivity contribution in [3.8, 4) is 5.75 Å². The third-order valence-corrected chi connectivity index (χ3v) is 3.34. The number of phenolic OH excluding ortho intramolecular Hbond substituents is 1. The molecule has 1 saturated heterocycles. The van der Waals surface area contributed by atoms with E-state index in [1.54, 1.807) is 17.0 Å². The Morgan fingerprint density at radius 2 is 2.28 bits per heavy atom. The fourth-order valence-electron chi connectivity index (χ4n) is 1.97. The summed E-state index contributed by atoms with van der Waals surface area (Å²) in [6, 6.07) is 5.20. The van der Waals surface area contributed by atoms with Crippen LogP contribution in [0.3, 0.4) is 0 Å². The number of piperazine rings is 1. The Bertz CT molecular complexity index is 442. The summed E-state index contributed by atoms with van der Waals surface area (Å²) in [6.07, 6.45) is 0. The van der Waals surface area contributed by atoms with Crippen LogP contribution in [-0.2, 0) is 0 Å². The first kappa shape index (κ1) is 15.3. The molecule has 6 heteroatoms. The van der Waals surface area contributed by atoms with Crippen molar-refractivity contribution in [2.24, 2.45) is 0 Å². The van der Waals surface area contributed by atoms with Crippen molar-refractivity contribution >= 4 is 34.2 Å². The molecule has 0 saturated carbocycles. The van der Waals surface area contributed by atoms with E-state index < -0.39 is 0 Å². The van der Waals surface area contributed by atoms with Crippen molar-refractivity contribution in [3.05, 3.63) is 28.2 Å². The second-order valence-electron chi connectivity index (χ2n) is 4.27. The molecule has 0 aromatic heterocycles. The van der Waals surface area contributed by atoms with Crippen LogP contribution in [0.4, 0.5) is 0 Å². The summed E-state index contributed by atoms with van der Waals surface area (Å²) in [5.74, 6) is -0.0819. The number of carbonyl (C=O) groups is 1. The Balaban J connectivity index is 0.00000162. The zero-order chi connectivity index (χ0) is 12.4. The molecule has 0 radical (unpaired) electrons. The summed E-state index contributed by atoms with van der Waals surface area (Å²) in [4.78, 5) is 14.0. The van der Waals surface area contributed by atoms with Gasteiger partial charge in [-0.15, -0.1) is 12.4 Å². The second kappa shape index (κ2) is 6.41. The van der Waals surface area contributed by atoms with Crippen LogP contribution in [-0.4, -0.2) is 41.6 Å². The van der Waals surface area contributed by atoms with Gasteiger partial charge in [0.1, 0.15) is 5.75 Å². The van der Waals surface area contributed by atoms with Crippen LogP contribution in [0.2, 0.25) is 0 Å². The van der Waals surface area contributed by atoms with Crippen molar-refractivity contribution in [2.45, 2.75) is 13.0 Å². The maximum Gasteiger partial charge on any atom is 0.257 e. The molecule has 18 heavy (non-hydrogen) atoms. The molecular weight excluding hydrogens is 320 g/mol. The molecule has 100 valence electrons. The van der Waals surface area contributed by atoms with E-state index in [1.165, 1.54) is 6.07 Å². The van der Waals surface area contributed by atoms with Gasteiger partial charge in [0.2, 0.25) is 0 Å². The number of carbonyl (C=O) groups excluding carboxylic acids is 1. The van der Waals surface area contributed by atoms with E-state index in [9.17, 15) is 9.90 Å². The maximum absolute atomic E-state index is 12.2. The van der Waals surface area contributed by atoms with Crippen LogP contribution in [0, 0.1) is 0 Å². The highest BCUT2D eigenvalue weighted by Gasteiger charge is 2.23. The number of halogens is 2. The highest BCUT2D eigenvalue weighted by atomic mass is 79.9. The lowest BCUT2D eigenvalue weighted by Crippen LogP contribution is -2.51. The fourth-order valence-corrected chi connectivity index (χ4v) is 2.33. The molecule has 2 N–H and O–H groups in total. The summed E-state index contributed by atoms with van der Waals surface area (Å²) in [6.45, 7) is 4.18. The summed E-state index contributed by atoms with van der Waals surface area (Å²) in [5.41, 5.74) is 0.355. The van der Waals surface area contributed by atoms with Gasteiger partial charge in [-0.25, -0.2) is 0 Å². The van der Waals surface area contributed by atoms with Gasteiger partial charge in [-0.2, -0.15) is 0 Å². The molecule has 4 nitrogen and oxygen atoms in total. The van der Waals surface area contributed by atoms with E-state index in [1.807, 2.05) is 6.92 Å². The Morgan fingerprint density at radius 1 is 1.56 bits per heavy atom. The number of hydrogen-bond donors (Lipinski definition) is 2. The normalized spacial score (nSPS) is 19.2. The first-order valence-electron chi connectivity index (χ1n) is 5.59. The highest BCUT2D eigenvalue weighted by Crippen LogP contribution is 2.23. The van der Waals surface area contributed by atoms with Gasteiger partial charge in [0.05, 0.1) is 5.56 Å². The molecule has 1 heterocycles. The molecule has 0 bridgehead atoms. The number of rotatable bonds is 1. The molecule has 2 rings (SSSR count). The Labute approximate surface area is 121 Å². The maximum atomic E-state index is 12.2. The molecule has 0 aliphatic carbocycles. The minimum atomic E-state index is -0.114. The predicted molar refractivity (Wildman–Crippen MR) is 76.4 cm³/mol. The lowest BCUT2D eigenvalue weighted by Gasteiger charge is -2.32. The van der Waals surface area contributed by atoms with E-state index in [-0.39, 0.29) is 24.1 Å². The summed E-state index contributed by atoms with van der Waals surface area (Å²) in [5, 5.41) is 13.0. The average molecular weight is 336 g/mol. The van der Waals surface area contributed by atoms with Gasteiger partial charge in [-0.05, 0) is 25.1 Å². The topological polar surface area (TPSA) is 52.6 Å². The fraction of sp³-hybridized carbons (Fsp3) is 0.417. The number of hydrogen-bond acceptors (Lipinski definition) is 3. The number of amides is 1. The lowest BCUT2D eigenvalue weighted by molar-refractivity contribution is 0.0706. The van der Waals surface area contributed by atoms with Crippen molar-refractivity contribution in [2.75, 3.05) is 19.6 Å². The standard InChI is InChI=1S/C12H15BrN2O2.ClH/c1-8-7-15(5-4-14-8)12(17)10-6-9(13)2-3-11(10)16;/h2-3,6,8,14,16H,4-5,7H2,1H3;1H/t8-;/m1./s1. The van der Waals surface area contributed by atoms with Crippen molar-refractivity contribution in [1.82, 2.24) is 10.2 Å². The smallest absolute Gasteiger partial charge is 0.257 e. The van der Waals surface area contributed by atoms with E-state index in [0.717, 1.165) is 11.0 Å². The Kier molecular flexibility index (Phi) is 5.44. The molecule has 1 atom stereocenters. The van der Waals surface area contributed by atoms with Gasteiger partial charge < -0.3 is 15.3 Å². The average Bonchev–Trinajstić information content (AvgIpc) is 2.31. The molecule has 1 amide bonds. The molecule has 1 aromatic rings. The molecule has 1 aliphatic rings. The molecule has 1 aromatic carbocycles. The van der Waals surface area contributed by atoms with Crippen LogP contribution >= 0.6 is 28.3 Å². The minimum Gasteiger partial charge on any atom is -0.507 e. The second-order valence-corrected chi connectivity index (χ2v) is 5.18. The van der Waals surface area contributed by atoms with Crippen LogP contribution in [0.15, 0.2) is 22.7 Å². The van der Waals surface area contributed by atoms with E-state index in [2.05, 4.69) is 21.2 Å². The number of aromatic hydroxyl groups is 1. The van der Waals surface area contributed by atoms with E-state index in [4.69, 9.17) is 0 Å². The minimum absolute atomic E-state index is 0. The number of nitrogens with one attached hydrogen (secondary N) is 1. The van der Waals surface area contributed by atoms with Crippen molar-refractivity contribution < 1.29 is 9.90 Å². The van der Waals surface area contributed by atoms with E-state index >= 15 is 0 Å². The van der Waals surface area contributed by atoms with Crippen LogP contribution in [0.5, 0.6) is 5.75 Å². The number of nitrogens with zero attached hydrogens (tertiary/aromatic N) is 1. The molecular formula is C12H16BrClN2O2. The van der Waals surface area contributed by atoms with Crippen LogP contribution in [0.25, 0.3) is 0 Å². The largest absolute Gasteiger partial charge is 0.507 e. The van der Waals surface area contributed by atoms with Crippen molar-refractivity contribution in [1.29, 1.82) is 0 Å². The van der Waals surface area contributed by atoms with E-state index in [0.29, 0.717) is 24.7 Å². The summed E-state index contributed by atoms with van der Waals surface area (Å²) < 4.78 is 0.793. The Hall–Kier alpha value is -0.780. The quantitative estimate of drug-likeness (QED) is 0.825. The third-order valence-electron chi connectivity index (χ3n) is 2.84. The van der Waals surface area contributed by atoms with Crippen LogP contribution in [0.1, 0.15) is 17.3 Å². The Morgan fingerprint density at radius 3 is 2.94 bits per heavy atom. The first-order valence-corrected chi connectivity index (χ1v) is 6.38. The van der Waals surface area contributed by atoms with Crippen LogP contribution < -0.4 is 5.32 Å². The lowest BCUT2D eigenvalue weighted by atomic mass is 10.1. The van der Waals surface area contributed by atoms with Gasteiger partial charge in [0.25, 0.3) is 5.91 Å². The molecule has 0 spiro atoms. The van der Waals surface area contributed by atoms with Gasteiger partial charge in [-0.1, -0.05) is 15.9 Å². The van der Waals surface area contributed by atoms with Crippen molar-refractivity contribution in [3.63, 3.8) is 0 Å². The monoisotopic (exact) mass is 334 g/mol. The number of phenols is 1. The highest BCUT2D eigenvalue weighted by molar-refractivity contribution is 9.10. The molecule has 0 unspecified atom stereocenters. The number of benzene rings is 1. The first-order chi connectivity index (χ1) is 8.08. The predicted octanol–water partition coefficient (Wildman–Crippen LogP) is 2.01. The zero-order valence-corrected chi connectivity index (χ0v) is 12.4. The van der Waals surface area contributed by atoms with Gasteiger partial charge in [0, 0.05) is 30.1 Å². The molecule has 1 aliphatic heterocycles. The zero-order valence-electron chi connectivity index (χ0n) is 10.0. The SMILES string of the molecule is C[C@@H]1CN(C(=O)c2cc(Br)ccc2O)CCN1.Cl. The van der Waals surface area contributed by atoms with Gasteiger partial charge in [0.15, 0.2) is 0 Å². The van der Waals surface area contributed by atoms with Gasteiger partial charge >= 0.3 is 0 Å². The third kappa shape index (κ3) is 3.37. The summed E-state index contributed by atoms with van der Waals surface area (Å²) in [7, 11) is 0. The van der Waals surface area contributed by atoms with Gasteiger partial charge in [-0.3, -0.25) is 4.79 Å². The molecule has 1 fully saturated rings. The summed E-state index contributed by atoms with van der Waals surface area (Å²) >= 11 is 3.31.